The van der Waals surface area contributed by atoms with E-state index in [-0.39, 0.29) is 24.8 Å². The predicted molar refractivity (Wildman–Crippen MR) is 65.9 cm³/mol. The van der Waals surface area contributed by atoms with Gasteiger partial charge in [-0.1, -0.05) is 12.1 Å². The Balaban J connectivity index is 0.000000845. The van der Waals surface area contributed by atoms with E-state index >= 15 is 0 Å². The van der Waals surface area contributed by atoms with Crippen LogP contribution in [0.25, 0.3) is 0 Å². The first-order chi connectivity index (χ1) is 5.92. The molecule has 0 saturated heterocycles. The van der Waals surface area contributed by atoms with Gasteiger partial charge in [0.2, 0.25) is 0 Å². The molecule has 0 unspecified atom stereocenters. The van der Waals surface area contributed by atoms with Crippen molar-refractivity contribution in [2.75, 3.05) is 18.9 Å². The van der Waals surface area contributed by atoms with Crippen molar-refractivity contribution >= 4 is 30.5 Å². The summed E-state index contributed by atoms with van der Waals surface area (Å²) in [5, 5.41) is 6.59. The predicted octanol–water partition coefficient (Wildman–Crippen LogP) is 2.22. The number of nitrogens with one attached hydrogen (secondary N) is 2. The van der Waals surface area contributed by atoms with Crippen molar-refractivity contribution in [3.8, 4) is 0 Å². The summed E-state index contributed by atoms with van der Waals surface area (Å²) in [7, 11) is 1.98. The third kappa shape index (κ3) is 2.53. The second-order valence-electron chi connectivity index (χ2n) is 3.12. The van der Waals surface area contributed by atoms with Crippen LogP contribution in [-0.4, -0.2) is 13.6 Å². The first-order valence-electron chi connectivity index (χ1n) is 4.41. The molecule has 0 bridgehead atoms. The second-order valence-corrected chi connectivity index (χ2v) is 3.12. The smallest absolute Gasteiger partial charge is 0.0373 e. The molecule has 1 aromatic rings. The summed E-state index contributed by atoms with van der Waals surface area (Å²) in [5.74, 6) is 0. The van der Waals surface area contributed by atoms with Crippen molar-refractivity contribution in [3.05, 3.63) is 29.3 Å². The van der Waals surface area contributed by atoms with Gasteiger partial charge in [-0.05, 0) is 30.2 Å². The Morgan fingerprint density at radius 1 is 1.29 bits per heavy atom. The van der Waals surface area contributed by atoms with Crippen LogP contribution in [0.4, 0.5) is 5.69 Å². The van der Waals surface area contributed by atoms with E-state index in [1.165, 1.54) is 16.8 Å². The zero-order valence-electron chi connectivity index (χ0n) is 8.17. The van der Waals surface area contributed by atoms with E-state index in [1.807, 2.05) is 7.05 Å². The molecule has 1 heterocycles. The summed E-state index contributed by atoms with van der Waals surface area (Å²) in [6.45, 7) is 2.12. The zero-order chi connectivity index (χ0) is 8.39. The van der Waals surface area contributed by atoms with Gasteiger partial charge in [0.05, 0.1) is 0 Å². The molecule has 0 fully saturated rings. The number of hydrogen-bond donors (Lipinski definition) is 2. The van der Waals surface area contributed by atoms with Gasteiger partial charge >= 0.3 is 0 Å². The van der Waals surface area contributed by atoms with Gasteiger partial charge in [-0.15, -0.1) is 24.8 Å². The Kier molecular flexibility index (Phi) is 5.93. The maximum atomic E-state index is 3.36. The summed E-state index contributed by atoms with van der Waals surface area (Å²) in [6.07, 6.45) is 1.15. The minimum Gasteiger partial charge on any atom is -0.388 e. The fourth-order valence-corrected chi connectivity index (χ4v) is 1.77. The quantitative estimate of drug-likeness (QED) is 0.779. The summed E-state index contributed by atoms with van der Waals surface area (Å²) in [5.41, 5.74) is 4.21. The van der Waals surface area contributed by atoms with E-state index in [0.29, 0.717) is 0 Å². The maximum Gasteiger partial charge on any atom is 0.0373 e. The van der Waals surface area contributed by atoms with Crippen molar-refractivity contribution in [1.82, 2.24) is 5.32 Å². The third-order valence-electron chi connectivity index (χ3n) is 2.41. The fraction of sp³-hybridized carbons (Fsp3) is 0.400. The summed E-state index contributed by atoms with van der Waals surface area (Å²) < 4.78 is 0. The fourth-order valence-electron chi connectivity index (χ4n) is 1.77. The molecule has 0 aliphatic carbocycles. The van der Waals surface area contributed by atoms with Crippen LogP contribution in [0.1, 0.15) is 11.1 Å². The van der Waals surface area contributed by atoms with Gasteiger partial charge in [-0.25, -0.2) is 0 Å². The molecule has 2 nitrogen and oxygen atoms in total. The first-order valence-corrected chi connectivity index (χ1v) is 4.41. The molecule has 1 aliphatic rings. The highest BCUT2D eigenvalue weighted by molar-refractivity contribution is 5.85. The lowest BCUT2D eigenvalue weighted by molar-refractivity contribution is 0.645. The molecule has 0 atom stereocenters. The number of hydrogen-bond acceptors (Lipinski definition) is 2. The highest BCUT2D eigenvalue weighted by Gasteiger charge is 2.10. The average Bonchev–Trinajstić information content (AvgIpc) is 2.17. The number of rotatable bonds is 1. The molecule has 0 amide bonds. The largest absolute Gasteiger partial charge is 0.388 e. The van der Waals surface area contributed by atoms with Crippen molar-refractivity contribution in [3.63, 3.8) is 0 Å². The topological polar surface area (TPSA) is 24.1 Å². The molecule has 0 saturated carbocycles. The lowest BCUT2D eigenvalue weighted by atomic mass is 9.99. The average molecular weight is 235 g/mol. The Hall–Kier alpha value is -0.440. The van der Waals surface area contributed by atoms with Crippen LogP contribution in [0.15, 0.2) is 18.2 Å². The standard InChI is InChI=1S/C10H14N2.2ClH/c1-11-10-4-2-3-8-7-12-6-5-9(8)10;;/h2-4,11-12H,5-7H2,1H3;2*1H. The number of benzene rings is 1. The maximum absolute atomic E-state index is 3.36. The molecule has 80 valence electrons. The molecule has 0 aromatic heterocycles. The Labute approximate surface area is 97.3 Å². The highest BCUT2D eigenvalue weighted by atomic mass is 35.5. The Morgan fingerprint density at radius 3 is 2.79 bits per heavy atom. The van der Waals surface area contributed by atoms with E-state index in [2.05, 4.69) is 28.8 Å². The number of halogens is 2. The summed E-state index contributed by atoms with van der Waals surface area (Å²) in [6, 6.07) is 6.45. The summed E-state index contributed by atoms with van der Waals surface area (Å²) in [4.78, 5) is 0. The van der Waals surface area contributed by atoms with Gasteiger partial charge in [0.15, 0.2) is 0 Å². The molecule has 2 N–H and O–H groups in total. The van der Waals surface area contributed by atoms with Crippen LogP contribution in [0.2, 0.25) is 0 Å². The molecule has 2 rings (SSSR count). The minimum absolute atomic E-state index is 0. The molecule has 14 heavy (non-hydrogen) atoms. The zero-order valence-corrected chi connectivity index (χ0v) is 9.80. The van der Waals surface area contributed by atoms with Crippen molar-refractivity contribution in [2.45, 2.75) is 13.0 Å². The monoisotopic (exact) mass is 234 g/mol. The first kappa shape index (κ1) is 13.6. The summed E-state index contributed by atoms with van der Waals surface area (Å²) >= 11 is 0. The van der Waals surface area contributed by atoms with Gasteiger partial charge in [-0.3, -0.25) is 0 Å². The molecular weight excluding hydrogens is 219 g/mol. The SMILES string of the molecule is CNc1cccc2c1CCNC2.Cl.Cl. The van der Waals surface area contributed by atoms with Crippen LogP contribution in [0, 0.1) is 0 Å². The van der Waals surface area contributed by atoms with E-state index < -0.39 is 0 Å². The van der Waals surface area contributed by atoms with Crippen LogP contribution in [0.3, 0.4) is 0 Å². The molecule has 1 aromatic carbocycles. The van der Waals surface area contributed by atoms with E-state index in [4.69, 9.17) is 0 Å². The van der Waals surface area contributed by atoms with E-state index in [9.17, 15) is 0 Å². The minimum atomic E-state index is 0. The molecule has 1 aliphatic heterocycles. The lowest BCUT2D eigenvalue weighted by Gasteiger charge is -2.19. The lowest BCUT2D eigenvalue weighted by Crippen LogP contribution is -2.24. The van der Waals surface area contributed by atoms with Crippen LogP contribution >= 0.6 is 24.8 Å². The molecule has 4 heteroatoms. The number of anilines is 1. The van der Waals surface area contributed by atoms with E-state index in [0.717, 1.165) is 19.5 Å². The van der Waals surface area contributed by atoms with Crippen LogP contribution < -0.4 is 10.6 Å². The van der Waals surface area contributed by atoms with Gasteiger partial charge in [-0.2, -0.15) is 0 Å². The van der Waals surface area contributed by atoms with Crippen LogP contribution in [0.5, 0.6) is 0 Å². The van der Waals surface area contributed by atoms with Crippen LogP contribution in [-0.2, 0) is 13.0 Å². The molecular formula is C10H16Cl2N2. The molecule has 0 spiro atoms. The normalized spacial score (nSPS) is 13.2. The van der Waals surface area contributed by atoms with Gasteiger partial charge in [0.1, 0.15) is 0 Å². The number of fused-ring (bicyclic) bond motifs is 1. The second kappa shape index (κ2) is 6.12. The molecule has 0 radical (unpaired) electrons. The van der Waals surface area contributed by atoms with Crippen molar-refractivity contribution in [1.29, 1.82) is 0 Å². The van der Waals surface area contributed by atoms with Gasteiger partial charge in [0, 0.05) is 19.3 Å². The highest BCUT2D eigenvalue weighted by Crippen LogP contribution is 2.22. The van der Waals surface area contributed by atoms with Crippen molar-refractivity contribution in [2.24, 2.45) is 0 Å². The Bertz CT molecular complexity index is 275. The van der Waals surface area contributed by atoms with Gasteiger partial charge < -0.3 is 10.6 Å². The van der Waals surface area contributed by atoms with E-state index in [1.54, 1.807) is 0 Å². The van der Waals surface area contributed by atoms with Crippen molar-refractivity contribution < 1.29 is 0 Å². The van der Waals surface area contributed by atoms with Gasteiger partial charge in [0.25, 0.3) is 0 Å². The third-order valence-corrected chi connectivity index (χ3v) is 2.41. The Morgan fingerprint density at radius 2 is 2.07 bits per heavy atom.